The van der Waals surface area contributed by atoms with Crippen LogP contribution in [0, 0.1) is 0 Å². The largest absolute Gasteiger partial charge is 0.355 e. The van der Waals surface area contributed by atoms with Gasteiger partial charge in [0.05, 0.1) is 16.1 Å². The van der Waals surface area contributed by atoms with Crippen molar-refractivity contribution >= 4 is 29.1 Å². The van der Waals surface area contributed by atoms with Gasteiger partial charge in [0, 0.05) is 12.6 Å². The molecule has 0 aliphatic carbocycles. The quantitative estimate of drug-likeness (QED) is 0.843. The first-order chi connectivity index (χ1) is 8.99. The molecule has 0 saturated carbocycles. The third-order valence-corrected chi connectivity index (χ3v) is 3.69. The van der Waals surface area contributed by atoms with Gasteiger partial charge in [0.25, 0.3) is 0 Å². The van der Waals surface area contributed by atoms with E-state index in [2.05, 4.69) is 17.6 Å². The molecule has 3 nitrogen and oxygen atoms in total. The van der Waals surface area contributed by atoms with E-state index >= 15 is 0 Å². The highest BCUT2D eigenvalue weighted by atomic mass is 35.5. The van der Waals surface area contributed by atoms with Crippen molar-refractivity contribution in [3.05, 3.63) is 33.8 Å². The third kappa shape index (κ3) is 4.68. The zero-order valence-corrected chi connectivity index (χ0v) is 13.0. The van der Waals surface area contributed by atoms with Crippen molar-refractivity contribution in [2.24, 2.45) is 0 Å². The van der Waals surface area contributed by atoms with E-state index in [0.717, 1.165) is 12.0 Å². The molecule has 0 aliphatic rings. The van der Waals surface area contributed by atoms with Crippen LogP contribution >= 0.6 is 23.2 Å². The summed E-state index contributed by atoms with van der Waals surface area (Å²) in [6.07, 6.45) is 0.863. The summed E-state index contributed by atoms with van der Waals surface area (Å²) >= 11 is 11.9. The number of benzene rings is 1. The highest BCUT2D eigenvalue weighted by molar-refractivity contribution is 6.42. The fraction of sp³-hybridized carbons (Fsp3) is 0.500. The number of hydrogen-bond acceptors (Lipinski definition) is 2. The molecule has 0 bridgehead atoms. The molecular weight excluding hydrogens is 283 g/mol. The van der Waals surface area contributed by atoms with Gasteiger partial charge < -0.3 is 5.32 Å². The molecule has 1 aromatic rings. The van der Waals surface area contributed by atoms with Crippen molar-refractivity contribution in [2.45, 2.75) is 39.3 Å². The Bertz CT molecular complexity index is 437. The van der Waals surface area contributed by atoms with Gasteiger partial charge >= 0.3 is 0 Å². The smallest absolute Gasteiger partial charge is 0.236 e. The van der Waals surface area contributed by atoms with E-state index in [1.807, 2.05) is 26.0 Å². The van der Waals surface area contributed by atoms with E-state index in [4.69, 9.17) is 23.2 Å². The van der Waals surface area contributed by atoms with Gasteiger partial charge in [-0.05, 0) is 38.0 Å². The number of nitrogens with one attached hydrogen (secondary N) is 2. The number of carbonyl (C=O) groups is 1. The van der Waals surface area contributed by atoms with E-state index < -0.39 is 0 Å². The van der Waals surface area contributed by atoms with Crippen molar-refractivity contribution in [3.63, 3.8) is 0 Å². The lowest BCUT2D eigenvalue weighted by molar-refractivity contribution is -0.122. The van der Waals surface area contributed by atoms with Gasteiger partial charge in [-0.15, -0.1) is 0 Å². The first-order valence-corrected chi connectivity index (χ1v) is 7.23. The van der Waals surface area contributed by atoms with Crippen LogP contribution in [0.25, 0.3) is 0 Å². The van der Waals surface area contributed by atoms with Gasteiger partial charge in [-0.3, -0.25) is 10.1 Å². The van der Waals surface area contributed by atoms with Gasteiger partial charge in [0.1, 0.15) is 0 Å². The van der Waals surface area contributed by atoms with Crippen LogP contribution in [0.4, 0.5) is 0 Å². The van der Waals surface area contributed by atoms with Crippen LogP contribution in [0.2, 0.25) is 10.0 Å². The topological polar surface area (TPSA) is 41.1 Å². The normalized spacial score (nSPS) is 13.9. The second kappa shape index (κ2) is 7.73. The lowest BCUT2D eigenvalue weighted by Gasteiger charge is -2.22. The minimum atomic E-state index is -0.251. The molecular formula is C14H20Cl2N2O. The zero-order valence-electron chi connectivity index (χ0n) is 11.5. The van der Waals surface area contributed by atoms with Gasteiger partial charge in [-0.2, -0.15) is 0 Å². The number of likely N-dealkylation sites (N-methyl/N-ethyl adjacent to an activating group) is 1. The van der Waals surface area contributed by atoms with Crippen molar-refractivity contribution in [1.29, 1.82) is 0 Å². The fourth-order valence-electron chi connectivity index (χ4n) is 1.88. The SMILES string of the molecule is CCNC(=O)C(C)NC(CC)c1ccc(Cl)c(Cl)c1. The number of carbonyl (C=O) groups excluding carboxylic acids is 1. The second-order valence-corrected chi connectivity index (χ2v) is 5.23. The molecule has 106 valence electrons. The minimum absolute atomic E-state index is 0.000936. The summed E-state index contributed by atoms with van der Waals surface area (Å²) in [4.78, 5) is 11.7. The Labute approximate surface area is 124 Å². The van der Waals surface area contributed by atoms with Gasteiger partial charge in [-0.1, -0.05) is 36.2 Å². The number of halogens is 2. The number of hydrogen-bond donors (Lipinski definition) is 2. The standard InChI is InChI=1S/C14H20Cl2N2O/c1-4-13(18-9(3)14(19)17-5-2)10-6-7-11(15)12(16)8-10/h6-9,13,18H,4-5H2,1-3H3,(H,17,19). The molecule has 0 fully saturated rings. The van der Waals surface area contributed by atoms with Crippen LogP contribution < -0.4 is 10.6 Å². The Hall–Kier alpha value is -0.770. The summed E-state index contributed by atoms with van der Waals surface area (Å²) in [5.74, 6) is 0.000936. The lowest BCUT2D eigenvalue weighted by Crippen LogP contribution is -2.43. The van der Waals surface area contributed by atoms with Gasteiger partial charge in [0.15, 0.2) is 0 Å². The monoisotopic (exact) mass is 302 g/mol. The Balaban J connectivity index is 2.77. The predicted octanol–water partition coefficient (Wildman–Crippen LogP) is 3.56. The third-order valence-electron chi connectivity index (χ3n) is 2.95. The van der Waals surface area contributed by atoms with E-state index in [0.29, 0.717) is 16.6 Å². The molecule has 1 amide bonds. The van der Waals surface area contributed by atoms with Crippen LogP contribution in [0.5, 0.6) is 0 Å². The van der Waals surface area contributed by atoms with E-state index in [9.17, 15) is 4.79 Å². The Morgan fingerprint density at radius 2 is 1.95 bits per heavy atom. The van der Waals surface area contributed by atoms with E-state index in [1.54, 1.807) is 6.07 Å². The maximum absolute atomic E-state index is 11.7. The second-order valence-electron chi connectivity index (χ2n) is 4.42. The van der Waals surface area contributed by atoms with Crippen LogP contribution in [-0.2, 0) is 4.79 Å². The van der Waals surface area contributed by atoms with Crippen LogP contribution in [-0.4, -0.2) is 18.5 Å². The molecule has 2 N–H and O–H groups in total. The van der Waals surface area contributed by atoms with Crippen molar-refractivity contribution < 1.29 is 4.79 Å². The minimum Gasteiger partial charge on any atom is -0.355 e. The Kier molecular flexibility index (Phi) is 6.63. The summed E-state index contributed by atoms with van der Waals surface area (Å²) < 4.78 is 0. The van der Waals surface area contributed by atoms with Gasteiger partial charge in [-0.25, -0.2) is 0 Å². The average molecular weight is 303 g/mol. The molecule has 2 unspecified atom stereocenters. The predicted molar refractivity (Wildman–Crippen MR) is 80.8 cm³/mol. The molecule has 5 heteroatoms. The maximum Gasteiger partial charge on any atom is 0.236 e. The molecule has 0 aliphatic heterocycles. The first kappa shape index (κ1) is 16.3. The molecule has 1 rings (SSSR count). The highest BCUT2D eigenvalue weighted by Crippen LogP contribution is 2.27. The van der Waals surface area contributed by atoms with Gasteiger partial charge in [0.2, 0.25) is 5.91 Å². The average Bonchev–Trinajstić information content (AvgIpc) is 2.39. The fourth-order valence-corrected chi connectivity index (χ4v) is 2.19. The molecule has 2 atom stereocenters. The van der Waals surface area contributed by atoms with E-state index in [1.165, 1.54) is 0 Å². The number of amides is 1. The Morgan fingerprint density at radius 1 is 1.26 bits per heavy atom. The van der Waals surface area contributed by atoms with Crippen molar-refractivity contribution in [3.8, 4) is 0 Å². The zero-order chi connectivity index (χ0) is 14.4. The highest BCUT2D eigenvalue weighted by Gasteiger charge is 2.18. The summed E-state index contributed by atoms with van der Waals surface area (Å²) in [7, 11) is 0. The van der Waals surface area contributed by atoms with E-state index in [-0.39, 0.29) is 18.0 Å². The maximum atomic E-state index is 11.7. The molecule has 0 spiro atoms. The van der Waals surface area contributed by atoms with Crippen LogP contribution in [0.15, 0.2) is 18.2 Å². The van der Waals surface area contributed by atoms with Crippen molar-refractivity contribution in [1.82, 2.24) is 10.6 Å². The molecule has 19 heavy (non-hydrogen) atoms. The number of rotatable bonds is 6. The Morgan fingerprint density at radius 3 is 2.47 bits per heavy atom. The molecule has 0 saturated heterocycles. The molecule has 1 aromatic carbocycles. The summed E-state index contributed by atoms with van der Waals surface area (Å²) in [6.45, 7) is 6.45. The molecule has 0 aromatic heterocycles. The first-order valence-electron chi connectivity index (χ1n) is 6.48. The molecule has 0 heterocycles. The lowest BCUT2D eigenvalue weighted by atomic mass is 10.0. The summed E-state index contributed by atoms with van der Waals surface area (Å²) in [5, 5.41) is 7.17. The molecule has 0 radical (unpaired) electrons. The van der Waals surface area contributed by atoms with Crippen LogP contribution in [0.1, 0.15) is 38.8 Å². The summed E-state index contributed by atoms with van der Waals surface area (Å²) in [6, 6.07) is 5.38. The van der Waals surface area contributed by atoms with Crippen LogP contribution in [0.3, 0.4) is 0 Å². The van der Waals surface area contributed by atoms with Crippen molar-refractivity contribution in [2.75, 3.05) is 6.54 Å². The summed E-state index contributed by atoms with van der Waals surface area (Å²) in [5.41, 5.74) is 1.04.